The van der Waals surface area contributed by atoms with Crippen molar-refractivity contribution in [1.29, 1.82) is 0 Å². The van der Waals surface area contributed by atoms with Crippen molar-refractivity contribution in [1.82, 2.24) is 4.90 Å². The zero-order valence-electron chi connectivity index (χ0n) is 12.5. The van der Waals surface area contributed by atoms with E-state index in [4.69, 9.17) is 5.11 Å². The van der Waals surface area contributed by atoms with E-state index in [9.17, 15) is 14.4 Å². The molecule has 1 saturated heterocycles. The summed E-state index contributed by atoms with van der Waals surface area (Å²) in [6.45, 7) is 1.34. The molecule has 0 saturated carbocycles. The molecule has 0 radical (unpaired) electrons. The summed E-state index contributed by atoms with van der Waals surface area (Å²) in [5, 5.41) is 10.6. The van der Waals surface area contributed by atoms with Crippen molar-refractivity contribution in [3.63, 3.8) is 0 Å². The summed E-state index contributed by atoms with van der Waals surface area (Å²) in [5.74, 6) is -0.500. The quantitative estimate of drug-likeness (QED) is 0.783. The Morgan fingerprint density at radius 1 is 1.27 bits per heavy atom. The van der Waals surface area contributed by atoms with Crippen molar-refractivity contribution in [2.45, 2.75) is 38.5 Å². The van der Waals surface area contributed by atoms with Crippen LogP contribution in [0, 0.1) is 5.92 Å². The van der Waals surface area contributed by atoms with E-state index < -0.39 is 5.97 Å². The molecule has 0 aromatic carbocycles. The molecule has 2 heterocycles. The van der Waals surface area contributed by atoms with Gasteiger partial charge in [0.15, 0.2) is 5.78 Å². The van der Waals surface area contributed by atoms with Crippen LogP contribution in [0.2, 0.25) is 0 Å². The van der Waals surface area contributed by atoms with E-state index in [2.05, 4.69) is 0 Å². The van der Waals surface area contributed by atoms with Crippen LogP contribution < -0.4 is 0 Å². The molecule has 1 amide bonds. The molecule has 6 heteroatoms. The van der Waals surface area contributed by atoms with E-state index in [-0.39, 0.29) is 36.9 Å². The van der Waals surface area contributed by atoms with E-state index in [0.29, 0.717) is 17.8 Å². The van der Waals surface area contributed by atoms with Crippen LogP contribution in [-0.2, 0) is 9.59 Å². The fraction of sp³-hybridized carbons (Fsp3) is 0.562. The SMILES string of the molecule is O=C(O)CCC1CCCN(C(=O)CCC(=O)c2cccs2)C1. The van der Waals surface area contributed by atoms with Crippen molar-refractivity contribution in [3.8, 4) is 0 Å². The minimum absolute atomic E-state index is 0.00457. The van der Waals surface area contributed by atoms with Crippen LogP contribution in [0.25, 0.3) is 0 Å². The molecule has 1 aliphatic rings. The minimum atomic E-state index is -0.787. The molecule has 5 nitrogen and oxygen atoms in total. The number of carboxylic acid groups (broad SMARTS) is 1. The molecule has 1 fully saturated rings. The summed E-state index contributed by atoms with van der Waals surface area (Å²) in [5.41, 5.74) is 0. The van der Waals surface area contributed by atoms with Gasteiger partial charge < -0.3 is 10.0 Å². The average Bonchev–Trinajstić information content (AvgIpc) is 3.05. The lowest BCUT2D eigenvalue weighted by atomic mass is 9.93. The molecule has 1 atom stereocenters. The van der Waals surface area contributed by atoms with Gasteiger partial charge in [-0.05, 0) is 36.6 Å². The first kappa shape index (κ1) is 16.7. The van der Waals surface area contributed by atoms with Gasteiger partial charge in [-0.15, -0.1) is 11.3 Å². The molecular formula is C16H21NO4S. The van der Waals surface area contributed by atoms with Crippen molar-refractivity contribution in [3.05, 3.63) is 22.4 Å². The van der Waals surface area contributed by atoms with Gasteiger partial charge >= 0.3 is 5.97 Å². The fourth-order valence-corrected chi connectivity index (χ4v) is 3.49. The van der Waals surface area contributed by atoms with Gasteiger partial charge in [-0.2, -0.15) is 0 Å². The number of aliphatic carboxylic acids is 1. The highest BCUT2D eigenvalue weighted by atomic mass is 32.1. The Kier molecular flexibility index (Phi) is 6.12. The van der Waals surface area contributed by atoms with Crippen LogP contribution in [-0.4, -0.2) is 40.8 Å². The average molecular weight is 323 g/mol. The zero-order valence-corrected chi connectivity index (χ0v) is 13.3. The number of carbonyl (C=O) groups excluding carboxylic acids is 2. The third-order valence-corrected chi connectivity index (χ3v) is 4.91. The fourth-order valence-electron chi connectivity index (χ4n) is 2.79. The summed E-state index contributed by atoms with van der Waals surface area (Å²) >= 11 is 1.40. The Balaban J connectivity index is 1.76. The van der Waals surface area contributed by atoms with Crippen molar-refractivity contribution >= 4 is 29.0 Å². The molecule has 0 bridgehead atoms. The normalized spacial score (nSPS) is 18.2. The van der Waals surface area contributed by atoms with E-state index in [1.807, 2.05) is 11.4 Å². The van der Waals surface area contributed by atoms with Gasteiger partial charge in [-0.25, -0.2) is 0 Å². The standard InChI is InChI=1S/C16H21NO4S/c18-13(14-4-2-10-22-14)6-7-15(19)17-9-1-3-12(11-17)5-8-16(20)21/h2,4,10,12H,1,3,5-9,11H2,(H,20,21). The molecular weight excluding hydrogens is 302 g/mol. The molecule has 0 spiro atoms. The maximum Gasteiger partial charge on any atom is 0.303 e. The van der Waals surface area contributed by atoms with Crippen LogP contribution in [0.4, 0.5) is 0 Å². The minimum Gasteiger partial charge on any atom is -0.481 e. The first-order valence-corrected chi connectivity index (χ1v) is 8.50. The highest BCUT2D eigenvalue weighted by Crippen LogP contribution is 2.22. The van der Waals surface area contributed by atoms with E-state index in [0.717, 1.165) is 19.4 Å². The second-order valence-electron chi connectivity index (χ2n) is 5.68. The number of nitrogens with zero attached hydrogens (tertiary/aromatic N) is 1. The Morgan fingerprint density at radius 3 is 2.77 bits per heavy atom. The molecule has 22 heavy (non-hydrogen) atoms. The van der Waals surface area contributed by atoms with Crippen molar-refractivity contribution in [2.24, 2.45) is 5.92 Å². The van der Waals surface area contributed by atoms with Gasteiger partial charge in [0.1, 0.15) is 0 Å². The molecule has 120 valence electrons. The number of likely N-dealkylation sites (tertiary alicyclic amines) is 1. The molecule has 0 aliphatic carbocycles. The highest BCUT2D eigenvalue weighted by molar-refractivity contribution is 7.12. The van der Waals surface area contributed by atoms with Crippen LogP contribution >= 0.6 is 11.3 Å². The number of ketones is 1. The number of hydrogen-bond donors (Lipinski definition) is 1. The number of carbonyl (C=O) groups is 3. The second-order valence-corrected chi connectivity index (χ2v) is 6.63. The number of thiophene rings is 1. The predicted molar refractivity (Wildman–Crippen MR) is 84.1 cm³/mol. The summed E-state index contributed by atoms with van der Waals surface area (Å²) in [6, 6.07) is 3.61. The lowest BCUT2D eigenvalue weighted by Gasteiger charge is -2.32. The largest absolute Gasteiger partial charge is 0.481 e. The Morgan fingerprint density at radius 2 is 2.09 bits per heavy atom. The third kappa shape index (κ3) is 4.94. The number of rotatable bonds is 7. The van der Waals surface area contributed by atoms with Crippen LogP contribution in [0.1, 0.15) is 48.2 Å². The lowest BCUT2D eigenvalue weighted by molar-refractivity contribution is -0.137. The van der Waals surface area contributed by atoms with E-state index in [1.165, 1.54) is 11.3 Å². The first-order chi connectivity index (χ1) is 10.6. The first-order valence-electron chi connectivity index (χ1n) is 7.62. The van der Waals surface area contributed by atoms with Gasteiger partial charge in [-0.1, -0.05) is 6.07 Å². The number of hydrogen-bond acceptors (Lipinski definition) is 4. The van der Waals surface area contributed by atoms with Crippen molar-refractivity contribution < 1.29 is 19.5 Å². The van der Waals surface area contributed by atoms with E-state index >= 15 is 0 Å². The zero-order chi connectivity index (χ0) is 15.9. The molecule has 1 aromatic rings. The van der Waals surface area contributed by atoms with Crippen molar-refractivity contribution in [2.75, 3.05) is 13.1 Å². The molecule has 2 rings (SSSR count). The highest BCUT2D eigenvalue weighted by Gasteiger charge is 2.24. The van der Waals surface area contributed by atoms with E-state index in [1.54, 1.807) is 11.0 Å². The number of amides is 1. The van der Waals surface area contributed by atoms with Gasteiger partial charge in [0.25, 0.3) is 0 Å². The summed E-state index contributed by atoms with van der Waals surface area (Å²) in [4.78, 5) is 37.2. The Labute approximate surface area is 133 Å². The maximum atomic E-state index is 12.2. The van der Waals surface area contributed by atoms with Gasteiger partial charge in [-0.3, -0.25) is 14.4 Å². The number of piperidine rings is 1. The smallest absolute Gasteiger partial charge is 0.303 e. The van der Waals surface area contributed by atoms with Crippen LogP contribution in [0.5, 0.6) is 0 Å². The number of Topliss-reactive ketones (excluding diaryl/α,β-unsaturated/α-hetero) is 1. The maximum absolute atomic E-state index is 12.2. The summed E-state index contributed by atoms with van der Waals surface area (Å²) in [6.07, 6.45) is 3.15. The number of carboxylic acids is 1. The molecule has 1 aliphatic heterocycles. The Bertz CT molecular complexity index is 526. The molecule has 1 N–H and O–H groups in total. The lowest BCUT2D eigenvalue weighted by Crippen LogP contribution is -2.40. The second kappa shape index (κ2) is 8.08. The van der Waals surface area contributed by atoms with Gasteiger partial charge in [0.2, 0.25) is 5.91 Å². The summed E-state index contributed by atoms with van der Waals surface area (Å²) < 4.78 is 0. The summed E-state index contributed by atoms with van der Waals surface area (Å²) in [7, 11) is 0. The third-order valence-electron chi connectivity index (χ3n) is 4.00. The Hall–Kier alpha value is -1.69. The predicted octanol–water partition coefficient (Wildman–Crippen LogP) is 2.81. The van der Waals surface area contributed by atoms with Gasteiger partial charge in [0, 0.05) is 32.4 Å². The van der Waals surface area contributed by atoms with Crippen LogP contribution in [0.3, 0.4) is 0 Å². The molecule has 1 unspecified atom stereocenters. The topological polar surface area (TPSA) is 74.7 Å². The van der Waals surface area contributed by atoms with Gasteiger partial charge in [0.05, 0.1) is 4.88 Å². The van der Waals surface area contributed by atoms with Crippen LogP contribution in [0.15, 0.2) is 17.5 Å². The molecule has 1 aromatic heterocycles. The monoisotopic (exact) mass is 323 g/mol.